The third-order valence-electron chi connectivity index (χ3n) is 4.61. The Morgan fingerprint density at radius 3 is 2.60 bits per heavy atom. The number of fused-ring (bicyclic) bond motifs is 1. The van der Waals surface area contributed by atoms with Crippen LogP contribution in [0.2, 0.25) is 5.02 Å². The highest BCUT2D eigenvalue weighted by Crippen LogP contribution is 2.25. The number of imidazole rings is 1. The zero-order valence-electron chi connectivity index (χ0n) is 13.9. The first-order valence-corrected chi connectivity index (χ1v) is 8.95. The maximum Gasteiger partial charge on any atom is 0.242 e. The number of aromatic nitrogens is 3. The summed E-state index contributed by atoms with van der Waals surface area (Å²) in [6.07, 6.45) is 5.10. The molecule has 0 bridgehead atoms. The summed E-state index contributed by atoms with van der Waals surface area (Å²) in [4.78, 5) is 23.9. The third kappa shape index (κ3) is 3.24. The number of piperidine rings is 1. The summed E-state index contributed by atoms with van der Waals surface area (Å²) in [7, 11) is 0. The molecule has 128 valence electrons. The number of hydrogen-bond donors (Lipinski definition) is 0. The number of pyridine rings is 1. The van der Waals surface area contributed by atoms with Crippen LogP contribution in [0.1, 0.15) is 19.3 Å². The molecule has 1 amide bonds. The van der Waals surface area contributed by atoms with Gasteiger partial charge in [-0.1, -0.05) is 11.6 Å². The van der Waals surface area contributed by atoms with Gasteiger partial charge in [-0.05, 0) is 55.7 Å². The highest BCUT2D eigenvalue weighted by molar-refractivity contribution is 6.30. The van der Waals surface area contributed by atoms with Crippen LogP contribution in [0.25, 0.3) is 22.6 Å². The van der Waals surface area contributed by atoms with Gasteiger partial charge in [0.2, 0.25) is 5.91 Å². The fourth-order valence-electron chi connectivity index (χ4n) is 3.31. The van der Waals surface area contributed by atoms with Crippen molar-refractivity contribution in [1.82, 2.24) is 19.4 Å². The van der Waals surface area contributed by atoms with Crippen molar-refractivity contribution < 1.29 is 4.79 Å². The van der Waals surface area contributed by atoms with E-state index in [9.17, 15) is 4.79 Å². The van der Waals surface area contributed by atoms with E-state index in [2.05, 4.69) is 4.98 Å². The van der Waals surface area contributed by atoms with Gasteiger partial charge in [-0.15, -0.1) is 0 Å². The van der Waals surface area contributed by atoms with Crippen molar-refractivity contribution in [1.29, 1.82) is 0 Å². The highest BCUT2D eigenvalue weighted by Gasteiger charge is 2.21. The fraction of sp³-hybridized carbons (Fsp3) is 0.316. The first kappa shape index (κ1) is 16.1. The monoisotopic (exact) mass is 354 g/mol. The maximum absolute atomic E-state index is 12.8. The van der Waals surface area contributed by atoms with Crippen molar-refractivity contribution in [3.8, 4) is 11.4 Å². The molecule has 1 fully saturated rings. The predicted octanol–water partition coefficient (Wildman–Crippen LogP) is 3.76. The maximum atomic E-state index is 12.8. The number of halogens is 1. The van der Waals surface area contributed by atoms with Crippen LogP contribution < -0.4 is 0 Å². The summed E-state index contributed by atoms with van der Waals surface area (Å²) in [5.41, 5.74) is 2.45. The molecule has 3 heterocycles. The summed E-state index contributed by atoms with van der Waals surface area (Å²) in [6, 6.07) is 11.3. The molecule has 1 aromatic carbocycles. The third-order valence-corrected chi connectivity index (χ3v) is 4.86. The summed E-state index contributed by atoms with van der Waals surface area (Å²) >= 11 is 6.00. The lowest BCUT2D eigenvalue weighted by Crippen LogP contribution is -2.37. The smallest absolute Gasteiger partial charge is 0.242 e. The lowest BCUT2D eigenvalue weighted by Gasteiger charge is -2.27. The van der Waals surface area contributed by atoms with Crippen LogP contribution in [0, 0.1) is 0 Å². The molecular formula is C19H19ClN4O. The van der Waals surface area contributed by atoms with E-state index in [0.29, 0.717) is 5.02 Å². The second kappa shape index (κ2) is 6.84. The minimum atomic E-state index is 0.125. The number of nitrogens with zero attached hydrogens (tertiary/aromatic N) is 4. The number of amides is 1. The Balaban J connectivity index is 1.74. The molecule has 1 aliphatic rings. The van der Waals surface area contributed by atoms with Crippen LogP contribution in [0.15, 0.2) is 42.6 Å². The molecule has 6 heteroatoms. The molecule has 4 rings (SSSR count). The average Bonchev–Trinajstić information content (AvgIpc) is 3.02. The van der Waals surface area contributed by atoms with E-state index in [1.807, 2.05) is 45.9 Å². The highest BCUT2D eigenvalue weighted by atomic mass is 35.5. The van der Waals surface area contributed by atoms with E-state index < -0.39 is 0 Å². The van der Waals surface area contributed by atoms with E-state index in [4.69, 9.17) is 16.6 Å². The molecule has 3 aromatic rings. The summed E-state index contributed by atoms with van der Waals surface area (Å²) in [6.45, 7) is 1.94. The molecule has 0 atom stereocenters. The van der Waals surface area contributed by atoms with E-state index in [1.165, 1.54) is 6.42 Å². The molecule has 0 radical (unpaired) electrons. The van der Waals surface area contributed by atoms with Crippen molar-refractivity contribution in [2.24, 2.45) is 0 Å². The van der Waals surface area contributed by atoms with Gasteiger partial charge < -0.3 is 4.90 Å². The molecule has 0 spiro atoms. The Labute approximate surface area is 151 Å². The Morgan fingerprint density at radius 2 is 1.84 bits per heavy atom. The van der Waals surface area contributed by atoms with E-state index in [-0.39, 0.29) is 12.5 Å². The fourth-order valence-corrected chi connectivity index (χ4v) is 3.43. The zero-order chi connectivity index (χ0) is 17.2. The Kier molecular flexibility index (Phi) is 4.40. The summed E-state index contributed by atoms with van der Waals surface area (Å²) in [5.74, 6) is 0.871. The second-order valence-corrected chi connectivity index (χ2v) is 6.75. The molecule has 1 saturated heterocycles. The second-order valence-electron chi connectivity index (χ2n) is 6.32. The van der Waals surface area contributed by atoms with Crippen LogP contribution in [0.3, 0.4) is 0 Å². The number of carbonyl (C=O) groups excluding carboxylic acids is 1. The first-order valence-electron chi connectivity index (χ1n) is 8.57. The topological polar surface area (TPSA) is 51.0 Å². The average molecular weight is 355 g/mol. The van der Waals surface area contributed by atoms with Gasteiger partial charge in [0, 0.05) is 29.9 Å². The minimum absolute atomic E-state index is 0.125. The molecule has 5 nitrogen and oxygen atoms in total. The number of carbonyl (C=O) groups is 1. The quantitative estimate of drug-likeness (QED) is 0.719. The van der Waals surface area contributed by atoms with Crippen molar-refractivity contribution in [2.45, 2.75) is 25.8 Å². The molecule has 2 aromatic heterocycles. The van der Waals surface area contributed by atoms with Crippen molar-refractivity contribution in [3.05, 3.63) is 47.6 Å². The van der Waals surface area contributed by atoms with Crippen molar-refractivity contribution >= 4 is 28.7 Å². The number of benzene rings is 1. The van der Waals surface area contributed by atoms with Crippen molar-refractivity contribution in [2.75, 3.05) is 13.1 Å². The molecule has 0 unspecified atom stereocenters. The van der Waals surface area contributed by atoms with Gasteiger partial charge in [-0.2, -0.15) is 0 Å². The number of rotatable bonds is 3. The predicted molar refractivity (Wildman–Crippen MR) is 98.4 cm³/mol. The van der Waals surface area contributed by atoms with E-state index in [1.54, 1.807) is 6.20 Å². The van der Waals surface area contributed by atoms with Crippen molar-refractivity contribution in [3.63, 3.8) is 0 Å². The Hall–Kier alpha value is -2.40. The summed E-state index contributed by atoms with van der Waals surface area (Å²) < 4.78 is 1.91. The largest absolute Gasteiger partial charge is 0.341 e. The molecule has 0 saturated carbocycles. The standard InChI is InChI=1S/C19H19ClN4O/c20-15-8-6-14(7-9-15)18-22-16-5-4-10-21-19(16)24(18)13-17(25)23-11-2-1-3-12-23/h4-10H,1-3,11-13H2. The van der Waals surface area contributed by atoms with E-state index in [0.717, 1.165) is 48.5 Å². The first-order chi connectivity index (χ1) is 12.2. The van der Waals surface area contributed by atoms with Crippen LogP contribution in [0.5, 0.6) is 0 Å². The Morgan fingerprint density at radius 1 is 1.08 bits per heavy atom. The molecule has 1 aliphatic heterocycles. The van der Waals surface area contributed by atoms with Crippen LogP contribution in [-0.2, 0) is 11.3 Å². The molecule has 25 heavy (non-hydrogen) atoms. The zero-order valence-corrected chi connectivity index (χ0v) is 14.6. The Bertz CT molecular complexity index is 897. The van der Waals surface area contributed by atoms with Gasteiger partial charge in [0.05, 0.1) is 0 Å². The van der Waals surface area contributed by atoms with E-state index >= 15 is 0 Å². The molecule has 0 N–H and O–H groups in total. The normalized spacial score (nSPS) is 14.8. The molecular weight excluding hydrogens is 336 g/mol. The van der Waals surface area contributed by atoms with Gasteiger partial charge in [0.15, 0.2) is 5.65 Å². The van der Waals surface area contributed by atoms with Gasteiger partial charge in [-0.3, -0.25) is 9.36 Å². The van der Waals surface area contributed by atoms with Crippen LogP contribution in [-0.4, -0.2) is 38.4 Å². The lowest BCUT2D eigenvalue weighted by molar-refractivity contribution is -0.132. The van der Waals surface area contributed by atoms with Gasteiger partial charge in [0.25, 0.3) is 0 Å². The minimum Gasteiger partial charge on any atom is -0.341 e. The van der Waals surface area contributed by atoms with Crippen LogP contribution >= 0.6 is 11.6 Å². The number of hydrogen-bond acceptors (Lipinski definition) is 3. The number of likely N-dealkylation sites (tertiary alicyclic amines) is 1. The lowest BCUT2D eigenvalue weighted by atomic mass is 10.1. The van der Waals surface area contributed by atoms with Gasteiger partial charge >= 0.3 is 0 Å². The van der Waals surface area contributed by atoms with Crippen LogP contribution in [0.4, 0.5) is 0 Å². The molecule has 0 aliphatic carbocycles. The van der Waals surface area contributed by atoms with Gasteiger partial charge in [0.1, 0.15) is 17.9 Å². The SMILES string of the molecule is O=C(Cn1c(-c2ccc(Cl)cc2)nc2cccnc21)N1CCCCC1. The van der Waals surface area contributed by atoms with Gasteiger partial charge in [-0.25, -0.2) is 9.97 Å². The summed E-state index contributed by atoms with van der Waals surface area (Å²) in [5, 5.41) is 0.675.